The van der Waals surface area contributed by atoms with Gasteiger partial charge in [-0.05, 0) is 75.9 Å². The molecule has 8 rings (SSSR count). The van der Waals surface area contributed by atoms with Crippen LogP contribution in [0, 0.1) is 33.6 Å². The van der Waals surface area contributed by atoms with Crippen LogP contribution in [0.15, 0.2) is 24.2 Å². The Labute approximate surface area is 257 Å². The molecule has 7 heteroatoms. The van der Waals surface area contributed by atoms with Gasteiger partial charge in [0.1, 0.15) is 11.8 Å². The highest BCUT2D eigenvalue weighted by atomic mass is 16.6. The summed E-state index contributed by atoms with van der Waals surface area (Å²) in [6.45, 7) is 15.9. The van der Waals surface area contributed by atoms with Crippen molar-refractivity contribution in [3.63, 3.8) is 0 Å². The summed E-state index contributed by atoms with van der Waals surface area (Å²) in [6.07, 6.45) is -0.683. The Morgan fingerprint density at radius 2 is 1.77 bits per heavy atom. The highest BCUT2D eigenvalue weighted by molar-refractivity contribution is 6.32. The number of nitrogens with zero attached hydrogens (tertiary/aromatic N) is 3. The summed E-state index contributed by atoms with van der Waals surface area (Å²) in [5.41, 5.74) is 3.36. The van der Waals surface area contributed by atoms with Crippen molar-refractivity contribution in [3.8, 4) is 0 Å². The lowest BCUT2D eigenvalue weighted by Gasteiger charge is -2.45. The summed E-state index contributed by atoms with van der Waals surface area (Å²) in [5, 5.41) is 15.8. The van der Waals surface area contributed by atoms with Gasteiger partial charge in [-0.15, -0.1) is 0 Å². The van der Waals surface area contributed by atoms with Crippen LogP contribution < -0.4 is 0 Å². The number of ether oxygens (including phenoxy) is 2. The van der Waals surface area contributed by atoms with Crippen LogP contribution in [-0.4, -0.2) is 51.4 Å². The molecule has 0 radical (unpaired) electrons. The lowest BCUT2D eigenvalue weighted by atomic mass is 9.80. The van der Waals surface area contributed by atoms with Gasteiger partial charge in [0.25, 0.3) is 5.91 Å². The molecule has 2 bridgehead atoms. The van der Waals surface area contributed by atoms with Crippen LogP contribution in [0.5, 0.6) is 0 Å². The Morgan fingerprint density at radius 3 is 2.44 bits per heavy atom. The number of aliphatic hydroxyl groups is 1. The number of benzene rings is 3. The molecule has 224 valence electrons. The SMILES string of the molecule is [2H]c1c([2H])c([2H])c2c(c1C)c1c3c(c4c5c(C)c(C)c(C)c([2H])c5n5c4c1n2[C@H]1C[C@](O)(COC)[C@]5(C(C)C)O1)C(C)(C)N(C)C3=O. The predicted octanol–water partition coefficient (Wildman–Crippen LogP) is 7.08. The summed E-state index contributed by atoms with van der Waals surface area (Å²) in [6, 6.07) is -0.0543. The molecule has 43 heavy (non-hydrogen) atoms. The van der Waals surface area contributed by atoms with Gasteiger partial charge in [0.2, 0.25) is 0 Å². The van der Waals surface area contributed by atoms with Crippen molar-refractivity contribution >= 4 is 49.5 Å². The quantitative estimate of drug-likeness (QED) is 0.247. The minimum Gasteiger partial charge on any atom is -0.382 e. The van der Waals surface area contributed by atoms with Crippen LogP contribution in [0.4, 0.5) is 0 Å². The molecule has 0 unspecified atom stereocenters. The second-order valence-corrected chi connectivity index (χ2v) is 13.9. The molecule has 0 aliphatic carbocycles. The first-order valence-electron chi connectivity index (χ1n) is 17.1. The maximum absolute atomic E-state index is 14.6. The Bertz CT molecular complexity index is 2340. The fourth-order valence-electron chi connectivity index (χ4n) is 8.88. The van der Waals surface area contributed by atoms with E-state index in [9.17, 15) is 12.6 Å². The van der Waals surface area contributed by atoms with E-state index in [0.717, 1.165) is 38.5 Å². The fourth-order valence-corrected chi connectivity index (χ4v) is 8.88. The number of fused-ring (bicyclic) bond motifs is 13. The molecule has 1 amide bonds. The van der Waals surface area contributed by atoms with Crippen LogP contribution >= 0.6 is 0 Å². The zero-order chi connectivity index (χ0) is 34.2. The third-order valence-electron chi connectivity index (χ3n) is 11.2. The maximum atomic E-state index is 14.6. The van der Waals surface area contributed by atoms with Gasteiger partial charge in [-0.2, -0.15) is 0 Å². The van der Waals surface area contributed by atoms with Gasteiger partial charge in [0, 0.05) is 53.6 Å². The molecule has 0 saturated carbocycles. The van der Waals surface area contributed by atoms with Crippen LogP contribution in [0.3, 0.4) is 0 Å². The minimum absolute atomic E-state index is 0.0390. The number of hydrogen-bond donors (Lipinski definition) is 1. The Hall–Kier alpha value is -3.39. The number of amides is 1. The van der Waals surface area contributed by atoms with E-state index < -0.39 is 23.1 Å². The molecule has 0 spiro atoms. The normalized spacial score (nSPS) is 27.2. The van der Waals surface area contributed by atoms with Gasteiger partial charge in [-0.3, -0.25) is 4.79 Å². The molecule has 1 saturated heterocycles. The van der Waals surface area contributed by atoms with Gasteiger partial charge >= 0.3 is 0 Å². The molecule has 3 aliphatic rings. The Kier molecular flexibility index (Phi) is 4.29. The molecule has 5 heterocycles. The molecule has 3 aliphatic heterocycles. The summed E-state index contributed by atoms with van der Waals surface area (Å²) < 4.78 is 53.6. The summed E-state index contributed by atoms with van der Waals surface area (Å²) >= 11 is 0. The van der Waals surface area contributed by atoms with Crippen molar-refractivity contribution in [2.24, 2.45) is 5.92 Å². The third kappa shape index (κ3) is 2.73. The van der Waals surface area contributed by atoms with E-state index in [1.807, 2.05) is 53.2 Å². The molecule has 1 N–H and O–H groups in total. The predicted molar refractivity (Wildman–Crippen MR) is 171 cm³/mol. The standard InChI is InChI=1S/C36H41N3O4/c1-17(2)36-35(41,16-42-10)15-24(43-36)38-22-13-11-12-18(3)25(22)27-29-30(34(7,8)37(9)33(29)40)28-26-21(6)20(5)19(4)14-23(26)39(36)32(28)31(27)38/h11-14,17,24,41H,15-16H2,1-10H3/t24-,35+,36+/m1/s1/i11D,12D,13D,14D. The van der Waals surface area contributed by atoms with E-state index in [4.69, 9.17) is 12.2 Å². The van der Waals surface area contributed by atoms with Crippen molar-refractivity contribution in [2.45, 2.75) is 84.9 Å². The zero-order valence-corrected chi connectivity index (χ0v) is 26.6. The van der Waals surface area contributed by atoms with E-state index in [0.29, 0.717) is 44.5 Å². The molecule has 3 aromatic carbocycles. The molecular weight excluding hydrogens is 538 g/mol. The number of methoxy groups -OCH3 is 1. The van der Waals surface area contributed by atoms with Crippen molar-refractivity contribution in [2.75, 3.05) is 20.8 Å². The Morgan fingerprint density at radius 1 is 1.05 bits per heavy atom. The van der Waals surface area contributed by atoms with Crippen LogP contribution in [-0.2, 0) is 20.7 Å². The Balaban J connectivity index is 1.85. The zero-order valence-electron chi connectivity index (χ0n) is 30.6. The second kappa shape index (κ2) is 8.00. The van der Waals surface area contributed by atoms with Crippen molar-refractivity contribution in [1.29, 1.82) is 0 Å². The lowest BCUT2D eigenvalue weighted by molar-refractivity contribution is -0.228. The minimum atomic E-state index is -1.56. The van der Waals surface area contributed by atoms with E-state index in [2.05, 4.69) is 11.5 Å². The van der Waals surface area contributed by atoms with E-state index in [1.54, 1.807) is 18.9 Å². The molecule has 3 atom stereocenters. The first kappa shape index (κ1) is 23.1. The largest absolute Gasteiger partial charge is 0.382 e. The number of hydrogen-bond acceptors (Lipinski definition) is 4. The smallest absolute Gasteiger partial charge is 0.255 e. The second-order valence-electron chi connectivity index (χ2n) is 13.9. The summed E-state index contributed by atoms with van der Waals surface area (Å²) in [4.78, 5) is 16.3. The number of aryl methyl sites for hydroxylation is 2. The number of carbonyl (C=O) groups excluding carboxylic acids is 1. The topological polar surface area (TPSA) is 68.9 Å². The van der Waals surface area contributed by atoms with Crippen molar-refractivity contribution in [3.05, 3.63) is 57.6 Å². The molecule has 5 aromatic rings. The monoisotopic (exact) mass is 583 g/mol. The third-order valence-corrected chi connectivity index (χ3v) is 11.2. The molecule has 2 aromatic heterocycles. The van der Waals surface area contributed by atoms with Crippen LogP contribution in [0.1, 0.15) is 84.0 Å². The van der Waals surface area contributed by atoms with Crippen LogP contribution in [0.2, 0.25) is 0 Å². The average molecular weight is 584 g/mol. The first-order valence-corrected chi connectivity index (χ1v) is 15.1. The highest BCUT2D eigenvalue weighted by Crippen LogP contribution is 2.62. The first-order chi connectivity index (χ1) is 21.9. The lowest BCUT2D eigenvalue weighted by Crippen LogP contribution is -2.58. The van der Waals surface area contributed by atoms with Crippen molar-refractivity contribution < 1.29 is 24.9 Å². The number of rotatable bonds is 3. The van der Waals surface area contributed by atoms with Gasteiger partial charge in [0.05, 0.1) is 45.3 Å². The van der Waals surface area contributed by atoms with Gasteiger partial charge < -0.3 is 28.6 Å². The van der Waals surface area contributed by atoms with E-state index >= 15 is 0 Å². The number of aromatic nitrogens is 2. The highest BCUT2D eigenvalue weighted by Gasteiger charge is 2.65. The fraction of sp³-hybridized carbons (Fsp3) is 0.472. The number of carbonyl (C=O) groups is 1. The molecular formula is C36H41N3O4. The van der Waals surface area contributed by atoms with E-state index in [-0.39, 0.29) is 43.0 Å². The van der Waals surface area contributed by atoms with Crippen LogP contribution in [0.25, 0.3) is 43.6 Å². The van der Waals surface area contributed by atoms with Crippen molar-refractivity contribution in [1.82, 2.24) is 14.0 Å². The summed E-state index contributed by atoms with van der Waals surface area (Å²) in [7, 11) is 3.36. The maximum Gasteiger partial charge on any atom is 0.255 e. The average Bonchev–Trinajstić information content (AvgIpc) is 3.66. The molecule has 1 fully saturated rings. The van der Waals surface area contributed by atoms with E-state index in [1.165, 1.54) is 0 Å². The van der Waals surface area contributed by atoms with Gasteiger partial charge in [-0.25, -0.2) is 0 Å². The molecule has 7 nitrogen and oxygen atoms in total. The van der Waals surface area contributed by atoms with Gasteiger partial charge in [0.15, 0.2) is 5.72 Å². The van der Waals surface area contributed by atoms with Gasteiger partial charge in [-0.1, -0.05) is 25.9 Å². The summed E-state index contributed by atoms with van der Waals surface area (Å²) in [5.74, 6) is -0.468.